The van der Waals surface area contributed by atoms with Crippen molar-refractivity contribution in [3.63, 3.8) is 0 Å². The van der Waals surface area contributed by atoms with Crippen LogP contribution in [0.25, 0.3) is 0 Å². The molecule has 0 spiro atoms. The summed E-state index contributed by atoms with van der Waals surface area (Å²) in [7, 11) is 6.47. The fourth-order valence-corrected chi connectivity index (χ4v) is 3.38. The summed E-state index contributed by atoms with van der Waals surface area (Å²) in [6.07, 6.45) is 0. The second kappa shape index (κ2) is 10.3. The highest BCUT2D eigenvalue weighted by Crippen LogP contribution is 2.39. The topological polar surface area (TPSA) is 64.1 Å². The Kier molecular flexibility index (Phi) is 8.08. The van der Waals surface area contributed by atoms with Crippen LogP contribution < -0.4 is 24.8 Å². The first-order chi connectivity index (χ1) is 13.4. The summed E-state index contributed by atoms with van der Waals surface area (Å²) in [6.45, 7) is 2.48. The van der Waals surface area contributed by atoms with Gasteiger partial charge in [0.15, 0.2) is 17.5 Å². The molecule has 6 nitrogen and oxygen atoms in total. The van der Waals surface area contributed by atoms with Crippen LogP contribution in [0.4, 0.5) is 0 Å². The molecule has 2 N–H and O–H groups in total. The van der Waals surface area contributed by atoms with Crippen LogP contribution in [0, 0.1) is 0 Å². The SMILES string of the molecule is CN=C(NCc1ccc(OC)c(OC)c1OC)NC(C)c1ccc(Cl)cc1Cl. The van der Waals surface area contributed by atoms with Crippen LogP contribution in [0.3, 0.4) is 0 Å². The Morgan fingerprint density at radius 2 is 1.75 bits per heavy atom. The predicted molar refractivity (Wildman–Crippen MR) is 114 cm³/mol. The molecular weight excluding hydrogens is 401 g/mol. The number of halogens is 2. The van der Waals surface area contributed by atoms with Crippen molar-refractivity contribution < 1.29 is 14.2 Å². The summed E-state index contributed by atoms with van der Waals surface area (Å²) < 4.78 is 16.3. The van der Waals surface area contributed by atoms with E-state index in [1.54, 1.807) is 34.4 Å². The van der Waals surface area contributed by atoms with Crippen molar-refractivity contribution in [3.8, 4) is 17.2 Å². The van der Waals surface area contributed by atoms with Crippen LogP contribution in [0.5, 0.6) is 17.2 Å². The number of nitrogens with one attached hydrogen (secondary N) is 2. The van der Waals surface area contributed by atoms with Gasteiger partial charge in [-0.3, -0.25) is 4.99 Å². The number of hydrogen-bond donors (Lipinski definition) is 2. The van der Waals surface area contributed by atoms with E-state index < -0.39 is 0 Å². The van der Waals surface area contributed by atoms with Crippen LogP contribution in [0.2, 0.25) is 10.0 Å². The molecule has 152 valence electrons. The summed E-state index contributed by atoms with van der Waals surface area (Å²) in [6, 6.07) is 9.12. The van der Waals surface area contributed by atoms with Crippen LogP contribution in [0.1, 0.15) is 24.1 Å². The Hall–Kier alpha value is -2.31. The minimum absolute atomic E-state index is 0.0664. The van der Waals surface area contributed by atoms with Crippen LogP contribution >= 0.6 is 23.2 Å². The maximum atomic E-state index is 6.30. The molecule has 0 heterocycles. The Balaban J connectivity index is 2.12. The minimum atomic E-state index is -0.0664. The molecule has 28 heavy (non-hydrogen) atoms. The molecule has 8 heteroatoms. The van der Waals surface area contributed by atoms with Crippen molar-refractivity contribution >= 4 is 29.2 Å². The molecule has 0 aromatic heterocycles. The Bertz CT molecular complexity index is 844. The predicted octanol–water partition coefficient (Wildman–Crippen LogP) is 4.45. The molecule has 0 amide bonds. The zero-order valence-corrected chi connectivity index (χ0v) is 18.1. The van der Waals surface area contributed by atoms with Gasteiger partial charge >= 0.3 is 0 Å². The molecule has 0 radical (unpaired) electrons. The lowest BCUT2D eigenvalue weighted by molar-refractivity contribution is 0.322. The van der Waals surface area contributed by atoms with Gasteiger partial charge in [0.05, 0.1) is 27.4 Å². The lowest BCUT2D eigenvalue weighted by atomic mass is 10.1. The fourth-order valence-electron chi connectivity index (χ4n) is 2.81. The lowest BCUT2D eigenvalue weighted by Gasteiger charge is -2.20. The zero-order chi connectivity index (χ0) is 20.7. The van der Waals surface area contributed by atoms with Crippen LogP contribution in [0.15, 0.2) is 35.3 Å². The van der Waals surface area contributed by atoms with Gasteiger partial charge < -0.3 is 24.8 Å². The first-order valence-corrected chi connectivity index (χ1v) is 9.40. The van der Waals surface area contributed by atoms with Gasteiger partial charge in [0.2, 0.25) is 5.75 Å². The fraction of sp³-hybridized carbons (Fsp3) is 0.350. The number of ether oxygens (including phenoxy) is 3. The molecule has 0 saturated carbocycles. The summed E-state index contributed by atoms with van der Waals surface area (Å²) in [5.41, 5.74) is 1.83. The summed E-state index contributed by atoms with van der Waals surface area (Å²) in [5, 5.41) is 7.79. The molecule has 0 aliphatic rings. The van der Waals surface area contributed by atoms with Crippen molar-refractivity contribution in [3.05, 3.63) is 51.5 Å². The molecule has 0 bridgehead atoms. The molecule has 1 atom stereocenters. The van der Waals surface area contributed by atoms with E-state index >= 15 is 0 Å². The number of methoxy groups -OCH3 is 3. The Morgan fingerprint density at radius 1 is 1.04 bits per heavy atom. The van der Waals surface area contributed by atoms with E-state index in [0.29, 0.717) is 39.8 Å². The van der Waals surface area contributed by atoms with E-state index in [-0.39, 0.29) is 6.04 Å². The first kappa shape index (κ1) is 22.0. The van der Waals surface area contributed by atoms with E-state index in [4.69, 9.17) is 37.4 Å². The minimum Gasteiger partial charge on any atom is -0.493 e. The zero-order valence-electron chi connectivity index (χ0n) is 16.6. The van der Waals surface area contributed by atoms with Crippen molar-refractivity contribution in [1.82, 2.24) is 10.6 Å². The average molecular weight is 426 g/mol. The van der Waals surface area contributed by atoms with Gasteiger partial charge in [0.1, 0.15) is 0 Å². The van der Waals surface area contributed by atoms with Gasteiger partial charge in [-0.2, -0.15) is 0 Å². The average Bonchev–Trinajstić information content (AvgIpc) is 2.69. The molecule has 0 saturated heterocycles. The van der Waals surface area contributed by atoms with Gasteiger partial charge in [0.25, 0.3) is 0 Å². The molecule has 0 aliphatic carbocycles. The quantitative estimate of drug-likeness (QED) is 0.506. The van der Waals surface area contributed by atoms with Crippen molar-refractivity contribution in [2.75, 3.05) is 28.4 Å². The van der Waals surface area contributed by atoms with Crippen LogP contribution in [-0.2, 0) is 6.54 Å². The second-order valence-electron chi connectivity index (χ2n) is 5.95. The third-order valence-corrected chi connectivity index (χ3v) is 4.80. The van der Waals surface area contributed by atoms with Gasteiger partial charge in [0, 0.05) is 29.2 Å². The van der Waals surface area contributed by atoms with Crippen molar-refractivity contribution in [2.24, 2.45) is 4.99 Å². The number of rotatable bonds is 7. The van der Waals surface area contributed by atoms with Gasteiger partial charge in [-0.25, -0.2) is 0 Å². The molecule has 2 aromatic rings. The number of aliphatic imine (C=N–C) groups is 1. The molecular formula is C20H25Cl2N3O3. The summed E-state index contributed by atoms with van der Waals surface area (Å²) in [5.74, 6) is 2.39. The molecule has 2 aromatic carbocycles. The van der Waals surface area contributed by atoms with E-state index in [9.17, 15) is 0 Å². The highest BCUT2D eigenvalue weighted by Gasteiger charge is 2.17. The van der Waals surface area contributed by atoms with E-state index in [0.717, 1.165) is 11.1 Å². The van der Waals surface area contributed by atoms with Crippen molar-refractivity contribution in [1.29, 1.82) is 0 Å². The summed E-state index contributed by atoms with van der Waals surface area (Å²) >= 11 is 12.3. The van der Waals surface area contributed by atoms with Gasteiger partial charge in [-0.1, -0.05) is 29.3 Å². The monoisotopic (exact) mass is 425 g/mol. The number of hydrogen-bond acceptors (Lipinski definition) is 4. The number of nitrogens with zero attached hydrogens (tertiary/aromatic N) is 1. The van der Waals surface area contributed by atoms with E-state index in [1.165, 1.54) is 0 Å². The van der Waals surface area contributed by atoms with E-state index in [1.807, 2.05) is 31.2 Å². The maximum Gasteiger partial charge on any atom is 0.203 e. The highest BCUT2D eigenvalue weighted by atomic mass is 35.5. The third kappa shape index (κ3) is 5.14. The molecule has 0 fully saturated rings. The Labute approximate surface area is 175 Å². The lowest BCUT2D eigenvalue weighted by Crippen LogP contribution is -2.38. The van der Waals surface area contributed by atoms with E-state index in [2.05, 4.69) is 15.6 Å². The third-order valence-electron chi connectivity index (χ3n) is 4.24. The molecule has 2 rings (SSSR count). The molecule has 1 unspecified atom stereocenters. The maximum absolute atomic E-state index is 6.30. The largest absolute Gasteiger partial charge is 0.493 e. The standard InChI is InChI=1S/C20H25Cl2N3O3/c1-12(15-8-7-14(21)10-16(15)22)25-20(23-2)24-11-13-6-9-17(26-3)19(28-5)18(13)27-4/h6-10,12H,11H2,1-5H3,(H2,23,24,25). The number of benzene rings is 2. The summed E-state index contributed by atoms with van der Waals surface area (Å²) in [4.78, 5) is 4.28. The number of guanidine groups is 1. The Morgan fingerprint density at radius 3 is 2.32 bits per heavy atom. The normalized spacial score (nSPS) is 12.3. The van der Waals surface area contributed by atoms with Gasteiger partial charge in [-0.15, -0.1) is 0 Å². The van der Waals surface area contributed by atoms with Crippen molar-refractivity contribution in [2.45, 2.75) is 19.5 Å². The highest BCUT2D eigenvalue weighted by molar-refractivity contribution is 6.35. The molecule has 0 aliphatic heterocycles. The first-order valence-electron chi connectivity index (χ1n) is 8.65. The smallest absolute Gasteiger partial charge is 0.203 e. The van der Waals surface area contributed by atoms with Gasteiger partial charge in [-0.05, 0) is 36.8 Å². The second-order valence-corrected chi connectivity index (χ2v) is 6.79. The van der Waals surface area contributed by atoms with Crippen LogP contribution in [-0.4, -0.2) is 34.3 Å².